The van der Waals surface area contributed by atoms with Gasteiger partial charge in [-0.1, -0.05) is 67.5 Å². The maximum absolute atomic E-state index is 13.8. The molecule has 0 radical (unpaired) electrons. The average molecular weight is 616 g/mol. The number of primary amides is 1. The second-order valence-electron chi connectivity index (χ2n) is 12.6. The number of aromatic nitrogens is 4. The molecule has 1 amide bonds. The molecule has 0 saturated heterocycles. The average Bonchev–Trinajstić information content (AvgIpc) is 3.78. The van der Waals surface area contributed by atoms with Crippen LogP contribution in [-0.4, -0.2) is 25.8 Å². The molecule has 0 spiro atoms. The monoisotopic (exact) mass is 615 g/mol. The third-order valence-corrected chi connectivity index (χ3v) is 10.7. The van der Waals surface area contributed by atoms with Crippen LogP contribution in [0.2, 0.25) is 0 Å². The molecule has 1 atom stereocenters. The van der Waals surface area contributed by atoms with E-state index >= 15 is 0 Å². The Balaban J connectivity index is 1.95. The number of amides is 1. The number of rotatable bonds is 9. The minimum Gasteiger partial charge on any atom is -0.369 e. The van der Waals surface area contributed by atoms with Gasteiger partial charge in [-0.25, -0.2) is 4.98 Å². The summed E-state index contributed by atoms with van der Waals surface area (Å²) in [6.45, 7) is 17.5. The predicted molar refractivity (Wildman–Crippen MR) is 193 cm³/mol. The first-order valence-electron chi connectivity index (χ1n) is 17.5. The molecule has 240 valence electrons. The third-order valence-electron chi connectivity index (χ3n) is 10.7. The maximum atomic E-state index is 13.8. The van der Waals surface area contributed by atoms with Crippen molar-refractivity contribution in [2.75, 3.05) is 0 Å². The van der Waals surface area contributed by atoms with Gasteiger partial charge in [0, 0.05) is 33.0 Å². The van der Waals surface area contributed by atoms with Crippen LogP contribution >= 0.6 is 0 Å². The summed E-state index contributed by atoms with van der Waals surface area (Å²) < 4.78 is 0. The first kappa shape index (κ1) is 31.8. The number of H-pyrrole nitrogens is 2. The summed E-state index contributed by atoms with van der Waals surface area (Å²) in [6, 6.07) is 11.0. The number of fused-ring (bicyclic) bond motifs is 8. The second kappa shape index (κ2) is 12.2. The van der Waals surface area contributed by atoms with Crippen molar-refractivity contribution in [2.45, 2.75) is 112 Å². The summed E-state index contributed by atoms with van der Waals surface area (Å²) in [6.07, 6.45) is 6.69. The van der Waals surface area contributed by atoms with Gasteiger partial charge in [0.1, 0.15) is 5.41 Å². The molecule has 4 aromatic rings. The first-order valence-corrected chi connectivity index (χ1v) is 17.5. The van der Waals surface area contributed by atoms with Gasteiger partial charge < -0.3 is 15.7 Å². The highest BCUT2D eigenvalue weighted by Crippen LogP contribution is 2.47. The number of benzene rings is 1. The molecule has 46 heavy (non-hydrogen) atoms. The Bertz CT molecular complexity index is 2070. The molecule has 6 nitrogen and oxygen atoms in total. The number of hydrogen-bond acceptors (Lipinski definition) is 3. The Morgan fingerprint density at radius 3 is 1.70 bits per heavy atom. The zero-order valence-electron chi connectivity index (χ0n) is 28.9. The van der Waals surface area contributed by atoms with Crippen molar-refractivity contribution in [1.82, 2.24) is 19.9 Å². The zero-order chi connectivity index (χ0) is 32.9. The van der Waals surface area contributed by atoms with E-state index in [9.17, 15) is 4.79 Å². The summed E-state index contributed by atoms with van der Waals surface area (Å²) >= 11 is 0. The van der Waals surface area contributed by atoms with E-state index in [0.717, 1.165) is 100 Å². The molecule has 6 rings (SSSR count). The topological polar surface area (TPSA) is 100 Å². The van der Waals surface area contributed by atoms with E-state index in [4.69, 9.17) is 15.7 Å². The fourth-order valence-corrected chi connectivity index (χ4v) is 8.43. The molecular formula is C40H49N5O. The normalized spacial score (nSPS) is 16.3. The predicted octanol–water partition coefficient (Wildman–Crippen LogP) is 9.19. The standard InChI is InChI=1S/C40H49N5O/c1-9-22-17-18-29-37-28(15-7)27(14-6)33(44-37)20-32-24(11-3)23(10-2)30(42-32)19-31-25(12-4)26(13-5)34(43-31)21-35-40(16-8,39(41)46)36(22)38(29)45-35/h17-21,42-43H,9-16H2,1-8H3,(H2,41,46). The smallest absolute Gasteiger partial charge is 0.234 e. The maximum Gasteiger partial charge on any atom is 0.234 e. The van der Waals surface area contributed by atoms with Crippen molar-refractivity contribution in [3.63, 3.8) is 0 Å². The molecule has 2 aliphatic heterocycles. The third kappa shape index (κ3) is 4.47. The largest absolute Gasteiger partial charge is 0.369 e. The van der Waals surface area contributed by atoms with Crippen molar-refractivity contribution in [1.29, 1.82) is 0 Å². The minimum absolute atomic E-state index is 0.353. The van der Waals surface area contributed by atoms with Crippen LogP contribution in [0.5, 0.6) is 0 Å². The Morgan fingerprint density at radius 2 is 1.22 bits per heavy atom. The van der Waals surface area contributed by atoms with Crippen LogP contribution in [0.1, 0.15) is 125 Å². The van der Waals surface area contributed by atoms with Crippen LogP contribution in [0, 0.1) is 0 Å². The number of carbonyl (C=O) groups is 1. The molecule has 2 aliphatic rings. The van der Waals surface area contributed by atoms with Gasteiger partial charge in [0.2, 0.25) is 5.91 Å². The van der Waals surface area contributed by atoms with Crippen LogP contribution < -0.4 is 5.73 Å². The summed E-state index contributed by atoms with van der Waals surface area (Å²) in [4.78, 5) is 32.2. The van der Waals surface area contributed by atoms with Gasteiger partial charge in [0.05, 0.1) is 22.6 Å². The number of nitrogens with two attached hydrogens (primary N) is 1. The molecule has 3 aromatic heterocycles. The highest BCUT2D eigenvalue weighted by molar-refractivity contribution is 6.05. The van der Waals surface area contributed by atoms with Gasteiger partial charge in [-0.05, 0) is 109 Å². The highest BCUT2D eigenvalue weighted by atomic mass is 16.1. The van der Waals surface area contributed by atoms with Crippen LogP contribution in [0.4, 0.5) is 0 Å². The molecule has 6 heteroatoms. The van der Waals surface area contributed by atoms with Gasteiger partial charge in [-0.15, -0.1) is 0 Å². The van der Waals surface area contributed by atoms with Crippen LogP contribution in [-0.2, 0) is 42.3 Å². The number of aromatic amines is 2. The number of allylic oxidation sites excluding steroid dienone is 2. The van der Waals surface area contributed by atoms with E-state index in [1.54, 1.807) is 0 Å². The zero-order valence-corrected chi connectivity index (χ0v) is 28.9. The summed E-state index contributed by atoms with van der Waals surface area (Å²) in [5.41, 5.74) is 23.2. The van der Waals surface area contributed by atoms with Crippen molar-refractivity contribution < 1.29 is 4.79 Å². The lowest BCUT2D eigenvalue weighted by molar-refractivity contribution is -0.122. The van der Waals surface area contributed by atoms with Gasteiger partial charge >= 0.3 is 0 Å². The second-order valence-corrected chi connectivity index (χ2v) is 12.6. The molecule has 0 aliphatic carbocycles. The Hall–Kier alpha value is -4.19. The van der Waals surface area contributed by atoms with E-state index in [0.29, 0.717) is 12.1 Å². The first-order chi connectivity index (χ1) is 22.3. The molecule has 1 aromatic carbocycles. The van der Waals surface area contributed by atoms with E-state index < -0.39 is 5.41 Å². The Kier molecular flexibility index (Phi) is 8.43. The van der Waals surface area contributed by atoms with Crippen LogP contribution in [0.15, 0.2) is 30.3 Å². The summed E-state index contributed by atoms with van der Waals surface area (Å²) in [5, 5.41) is 0.982. The number of nitrogens with zero attached hydrogens (tertiary/aromatic N) is 2. The fraction of sp³-hybridized carbons (Fsp3) is 0.425. The van der Waals surface area contributed by atoms with Crippen LogP contribution in [0.3, 0.4) is 0 Å². The van der Waals surface area contributed by atoms with Crippen molar-refractivity contribution in [2.24, 2.45) is 5.73 Å². The number of carbonyl (C=O) groups excluding carboxylic acids is 1. The lowest BCUT2D eigenvalue weighted by Crippen LogP contribution is -2.41. The molecule has 4 N–H and O–H groups in total. The molecule has 1 unspecified atom stereocenters. The highest BCUT2D eigenvalue weighted by Gasteiger charge is 2.46. The van der Waals surface area contributed by atoms with Crippen molar-refractivity contribution in [3.05, 3.63) is 80.8 Å². The van der Waals surface area contributed by atoms with E-state index in [-0.39, 0.29) is 5.91 Å². The quantitative estimate of drug-likeness (QED) is 0.175. The van der Waals surface area contributed by atoms with Gasteiger partial charge in [0.25, 0.3) is 0 Å². The number of aryl methyl sites for hydroxylation is 5. The molecular weight excluding hydrogens is 566 g/mol. The van der Waals surface area contributed by atoms with Gasteiger partial charge in [-0.3, -0.25) is 9.78 Å². The van der Waals surface area contributed by atoms with Gasteiger partial charge in [0.15, 0.2) is 0 Å². The number of hydrogen-bond donors (Lipinski definition) is 3. The lowest BCUT2D eigenvalue weighted by Gasteiger charge is -2.27. The fourth-order valence-electron chi connectivity index (χ4n) is 8.43. The molecule has 0 saturated carbocycles. The van der Waals surface area contributed by atoms with Crippen molar-refractivity contribution >= 4 is 50.0 Å². The summed E-state index contributed by atoms with van der Waals surface area (Å²) in [5.74, 6) is -0.353. The van der Waals surface area contributed by atoms with E-state index in [1.165, 1.54) is 33.4 Å². The minimum atomic E-state index is -1.03. The van der Waals surface area contributed by atoms with Crippen LogP contribution in [0.25, 0.3) is 44.1 Å². The van der Waals surface area contributed by atoms with Gasteiger partial charge in [-0.2, -0.15) is 0 Å². The molecule has 0 fully saturated rings. The van der Waals surface area contributed by atoms with Crippen molar-refractivity contribution in [3.8, 4) is 0 Å². The molecule has 5 heterocycles. The lowest BCUT2D eigenvalue weighted by atomic mass is 9.73. The molecule has 8 bridgehead atoms. The van der Waals surface area contributed by atoms with E-state index in [1.807, 2.05) is 0 Å². The SMILES string of the molecule is CCC1=C(CC)c2nc1cc1[nH]c(cc3[nH]c(cc4nc5c(c(CC)ccc25)C4(CC)C(N)=O)c(CC)c3CC)c(CC)c1CC. The van der Waals surface area contributed by atoms with E-state index in [2.05, 4.69) is 95.7 Å². The Labute approximate surface area is 273 Å². The number of nitrogens with one attached hydrogen (secondary N) is 2. The summed E-state index contributed by atoms with van der Waals surface area (Å²) in [7, 11) is 0. The Morgan fingerprint density at radius 1 is 0.674 bits per heavy atom.